The summed E-state index contributed by atoms with van der Waals surface area (Å²) in [5.74, 6) is 0.139. The zero-order chi connectivity index (χ0) is 16.6. The molecular formula is C18H19NO3S. The molecule has 0 amide bonds. The summed E-state index contributed by atoms with van der Waals surface area (Å²) in [5, 5.41) is 12.8. The van der Waals surface area contributed by atoms with Gasteiger partial charge in [-0.3, -0.25) is 4.90 Å². The summed E-state index contributed by atoms with van der Waals surface area (Å²) < 4.78 is 5.29. The third-order valence-electron chi connectivity index (χ3n) is 4.04. The number of rotatable bonds is 4. The van der Waals surface area contributed by atoms with E-state index in [1.54, 1.807) is 30.4 Å². The molecule has 5 heteroatoms. The molecule has 0 saturated heterocycles. The van der Waals surface area contributed by atoms with Crippen LogP contribution in [0.4, 0.5) is 0 Å². The molecule has 0 radical (unpaired) electrons. The van der Waals surface area contributed by atoms with Crippen molar-refractivity contribution in [2.45, 2.75) is 26.9 Å². The third-order valence-corrected chi connectivity index (χ3v) is 5.05. The zero-order valence-electron chi connectivity index (χ0n) is 13.4. The van der Waals surface area contributed by atoms with Gasteiger partial charge in [-0.05, 0) is 55.6 Å². The van der Waals surface area contributed by atoms with Crippen molar-refractivity contribution in [3.05, 3.63) is 61.6 Å². The van der Waals surface area contributed by atoms with E-state index in [-0.39, 0.29) is 11.4 Å². The largest absolute Gasteiger partial charge is 0.508 e. The van der Waals surface area contributed by atoms with E-state index < -0.39 is 0 Å². The van der Waals surface area contributed by atoms with E-state index in [1.165, 1.54) is 16.5 Å². The van der Waals surface area contributed by atoms with Gasteiger partial charge in [0.2, 0.25) is 0 Å². The van der Waals surface area contributed by atoms with Gasteiger partial charge in [0.05, 0.1) is 0 Å². The molecular weight excluding hydrogens is 310 g/mol. The van der Waals surface area contributed by atoms with Crippen LogP contribution >= 0.6 is 11.3 Å². The summed E-state index contributed by atoms with van der Waals surface area (Å²) in [7, 11) is 2.03. The number of aromatic hydroxyl groups is 1. The Morgan fingerprint density at radius 1 is 1.22 bits per heavy atom. The maximum atomic E-state index is 11.9. The highest BCUT2D eigenvalue weighted by atomic mass is 32.1. The van der Waals surface area contributed by atoms with Crippen LogP contribution in [0.25, 0.3) is 11.0 Å². The first-order valence-electron chi connectivity index (χ1n) is 7.42. The van der Waals surface area contributed by atoms with E-state index in [2.05, 4.69) is 23.3 Å². The standard InChI is InChI=1S/C18H19NO3S/c1-11-6-7-23-16(11)10-19(3)9-13-8-17(21)22-18-12(2)15(20)5-4-14(13)18/h4-8,20H,9-10H2,1-3H3. The Labute approximate surface area is 138 Å². The van der Waals surface area contributed by atoms with Crippen molar-refractivity contribution in [1.82, 2.24) is 4.90 Å². The molecule has 0 saturated carbocycles. The maximum Gasteiger partial charge on any atom is 0.336 e. The minimum absolute atomic E-state index is 0.139. The van der Waals surface area contributed by atoms with E-state index in [9.17, 15) is 9.90 Å². The minimum atomic E-state index is -0.387. The number of phenols is 1. The van der Waals surface area contributed by atoms with Gasteiger partial charge in [0.25, 0.3) is 0 Å². The van der Waals surface area contributed by atoms with Crippen LogP contribution in [-0.2, 0) is 13.1 Å². The van der Waals surface area contributed by atoms with Crippen LogP contribution in [0.5, 0.6) is 5.75 Å². The van der Waals surface area contributed by atoms with E-state index in [0.717, 1.165) is 17.5 Å². The zero-order valence-corrected chi connectivity index (χ0v) is 14.2. The number of phenolic OH excluding ortho intramolecular Hbond substituents is 1. The molecule has 0 aliphatic heterocycles. The van der Waals surface area contributed by atoms with E-state index in [1.807, 2.05) is 7.05 Å². The van der Waals surface area contributed by atoms with Crippen LogP contribution in [0.2, 0.25) is 0 Å². The van der Waals surface area contributed by atoms with Crippen molar-refractivity contribution in [3.8, 4) is 5.75 Å². The van der Waals surface area contributed by atoms with Crippen LogP contribution in [0.15, 0.2) is 38.9 Å². The lowest BCUT2D eigenvalue weighted by atomic mass is 10.1. The van der Waals surface area contributed by atoms with Gasteiger partial charge in [0.15, 0.2) is 0 Å². The molecule has 1 N–H and O–H groups in total. The summed E-state index contributed by atoms with van der Waals surface area (Å²) in [6.07, 6.45) is 0. The van der Waals surface area contributed by atoms with Gasteiger partial charge < -0.3 is 9.52 Å². The molecule has 3 rings (SSSR count). The molecule has 0 aliphatic rings. The SMILES string of the molecule is Cc1ccsc1CN(C)Cc1cc(=O)oc2c(C)c(O)ccc12. The lowest BCUT2D eigenvalue weighted by Crippen LogP contribution is -2.18. The number of hydrogen-bond donors (Lipinski definition) is 1. The normalized spacial score (nSPS) is 11.5. The molecule has 120 valence electrons. The van der Waals surface area contributed by atoms with E-state index >= 15 is 0 Å². The first-order chi connectivity index (χ1) is 11.0. The number of hydrogen-bond acceptors (Lipinski definition) is 5. The highest BCUT2D eigenvalue weighted by molar-refractivity contribution is 7.10. The summed E-state index contributed by atoms with van der Waals surface area (Å²) in [6, 6.07) is 7.11. The minimum Gasteiger partial charge on any atom is -0.508 e. The summed E-state index contributed by atoms with van der Waals surface area (Å²) >= 11 is 1.74. The van der Waals surface area contributed by atoms with Crippen LogP contribution in [-0.4, -0.2) is 17.1 Å². The number of aryl methyl sites for hydroxylation is 2. The first-order valence-corrected chi connectivity index (χ1v) is 8.30. The molecule has 0 bridgehead atoms. The average molecular weight is 329 g/mol. The highest BCUT2D eigenvalue weighted by Crippen LogP contribution is 2.28. The van der Waals surface area contributed by atoms with Gasteiger partial charge in [-0.1, -0.05) is 0 Å². The number of thiophene rings is 1. The van der Waals surface area contributed by atoms with Crippen LogP contribution < -0.4 is 5.63 Å². The quantitative estimate of drug-likeness (QED) is 0.740. The maximum absolute atomic E-state index is 11.9. The predicted octanol–water partition coefficient (Wildman–Crippen LogP) is 3.81. The van der Waals surface area contributed by atoms with E-state index in [4.69, 9.17) is 4.42 Å². The molecule has 23 heavy (non-hydrogen) atoms. The second-order valence-corrected chi connectivity index (χ2v) is 6.88. The van der Waals surface area contributed by atoms with Crippen LogP contribution in [0.1, 0.15) is 21.6 Å². The second kappa shape index (κ2) is 6.18. The van der Waals surface area contributed by atoms with Gasteiger partial charge >= 0.3 is 5.63 Å². The van der Waals surface area contributed by atoms with Gasteiger partial charge in [-0.25, -0.2) is 4.79 Å². The summed E-state index contributed by atoms with van der Waals surface area (Å²) in [6.45, 7) is 5.34. The lowest BCUT2D eigenvalue weighted by molar-refractivity contribution is 0.321. The Balaban J connectivity index is 1.95. The molecule has 0 fully saturated rings. The smallest absolute Gasteiger partial charge is 0.336 e. The molecule has 2 heterocycles. The fourth-order valence-corrected chi connectivity index (χ4v) is 3.69. The Morgan fingerprint density at radius 2 is 2.00 bits per heavy atom. The van der Waals surface area contributed by atoms with Crippen molar-refractivity contribution in [2.75, 3.05) is 7.05 Å². The average Bonchev–Trinajstić information content (AvgIpc) is 2.88. The Hall–Kier alpha value is -2.11. The third kappa shape index (κ3) is 3.16. The van der Waals surface area contributed by atoms with Gasteiger partial charge in [-0.2, -0.15) is 0 Å². The number of fused-ring (bicyclic) bond motifs is 1. The lowest BCUT2D eigenvalue weighted by Gasteiger charge is -2.17. The van der Waals surface area contributed by atoms with Gasteiger partial charge in [0, 0.05) is 35.0 Å². The van der Waals surface area contributed by atoms with Crippen molar-refractivity contribution in [1.29, 1.82) is 0 Å². The molecule has 1 aromatic carbocycles. The van der Waals surface area contributed by atoms with Crippen molar-refractivity contribution >= 4 is 22.3 Å². The molecule has 2 aromatic heterocycles. The Morgan fingerprint density at radius 3 is 2.70 bits per heavy atom. The van der Waals surface area contributed by atoms with Gasteiger partial charge in [0.1, 0.15) is 11.3 Å². The number of nitrogens with zero attached hydrogens (tertiary/aromatic N) is 1. The van der Waals surface area contributed by atoms with Crippen molar-refractivity contribution < 1.29 is 9.52 Å². The number of benzene rings is 1. The molecule has 0 atom stereocenters. The molecule has 0 unspecified atom stereocenters. The van der Waals surface area contributed by atoms with E-state index in [0.29, 0.717) is 17.7 Å². The van der Waals surface area contributed by atoms with Crippen molar-refractivity contribution in [2.24, 2.45) is 0 Å². The monoisotopic (exact) mass is 329 g/mol. The molecule has 4 nitrogen and oxygen atoms in total. The molecule has 3 aromatic rings. The van der Waals surface area contributed by atoms with Crippen molar-refractivity contribution in [3.63, 3.8) is 0 Å². The topological polar surface area (TPSA) is 53.7 Å². The van der Waals surface area contributed by atoms with Crippen LogP contribution in [0.3, 0.4) is 0 Å². The Kier molecular flexibility index (Phi) is 4.24. The van der Waals surface area contributed by atoms with Crippen LogP contribution in [0, 0.1) is 13.8 Å². The predicted molar refractivity (Wildman–Crippen MR) is 93.1 cm³/mol. The highest BCUT2D eigenvalue weighted by Gasteiger charge is 2.13. The fourth-order valence-electron chi connectivity index (χ4n) is 2.70. The van der Waals surface area contributed by atoms with Gasteiger partial charge in [-0.15, -0.1) is 11.3 Å². The second-order valence-electron chi connectivity index (χ2n) is 5.88. The molecule has 0 spiro atoms. The summed E-state index contributed by atoms with van der Waals surface area (Å²) in [4.78, 5) is 15.4. The first kappa shape index (κ1) is 15.8. The summed E-state index contributed by atoms with van der Waals surface area (Å²) in [5.41, 5.74) is 2.88. The molecule has 0 aliphatic carbocycles. The Bertz CT molecular complexity index is 910. The fraction of sp³-hybridized carbons (Fsp3) is 0.278.